The van der Waals surface area contributed by atoms with Crippen molar-refractivity contribution in [3.8, 4) is 0 Å². The van der Waals surface area contributed by atoms with E-state index < -0.39 is 0 Å². The first kappa shape index (κ1) is 12.5. The summed E-state index contributed by atoms with van der Waals surface area (Å²) >= 11 is 0. The molecule has 0 rings (SSSR count). The van der Waals surface area contributed by atoms with Crippen molar-refractivity contribution in [1.82, 2.24) is 0 Å². The van der Waals surface area contributed by atoms with E-state index in [1.807, 2.05) is 0 Å². The second kappa shape index (κ2) is 9.63. The summed E-state index contributed by atoms with van der Waals surface area (Å²) in [5.74, 6) is 0. The molecule has 0 saturated carbocycles. The molecule has 0 aromatic heterocycles. The predicted molar refractivity (Wildman–Crippen MR) is 60.6 cm³/mol. The van der Waals surface area contributed by atoms with Crippen LogP contribution in [-0.4, -0.2) is 0 Å². The third kappa shape index (κ3) is 9.45. The topological polar surface area (TPSA) is 26.0 Å². The van der Waals surface area contributed by atoms with Gasteiger partial charge in [0.15, 0.2) is 0 Å². The lowest BCUT2D eigenvalue weighted by molar-refractivity contribution is 0.605. The smallest absolute Gasteiger partial charge is 0.00398 e. The summed E-state index contributed by atoms with van der Waals surface area (Å²) in [6.07, 6.45) is 12.4. The number of unbranched alkanes of at least 4 members (excludes halogenated alkanes) is 5. The molecule has 0 amide bonds. The summed E-state index contributed by atoms with van der Waals surface area (Å²) in [4.78, 5) is 0. The molecule has 0 aliphatic heterocycles. The SMILES string of the molecule is CCC=C(N)CCCCCCCC. The minimum absolute atomic E-state index is 1.07. The van der Waals surface area contributed by atoms with E-state index in [9.17, 15) is 0 Å². The predicted octanol–water partition coefficient (Wildman–Crippen LogP) is 3.99. The molecule has 1 heteroatoms. The molecule has 13 heavy (non-hydrogen) atoms. The summed E-state index contributed by atoms with van der Waals surface area (Å²) in [5, 5.41) is 0. The largest absolute Gasteiger partial charge is 0.402 e. The zero-order chi connectivity index (χ0) is 9.94. The van der Waals surface area contributed by atoms with Crippen LogP contribution >= 0.6 is 0 Å². The van der Waals surface area contributed by atoms with Crippen molar-refractivity contribution in [3.05, 3.63) is 11.8 Å². The second-order valence-electron chi connectivity index (χ2n) is 3.71. The Morgan fingerprint density at radius 2 is 1.62 bits per heavy atom. The zero-order valence-electron chi connectivity index (χ0n) is 9.31. The molecule has 0 aromatic rings. The van der Waals surface area contributed by atoms with Gasteiger partial charge < -0.3 is 5.73 Å². The molecule has 0 aromatic carbocycles. The molecule has 0 heterocycles. The molecule has 0 atom stereocenters. The summed E-state index contributed by atoms with van der Waals surface area (Å²) < 4.78 is 0. The monoisotopic (exact) mass is 183 g/mol. The van der Waals surface area contributed by atoms with Crippen molar-refractivity contribution in [3.63, 3.8) is 0 Å². The van der Waals surface area contributed by atoms with Crippen LogP contribution in [0.3, 0.4) is 0 Å². The molecule has 2 N–H and O–H groups in total. The quantitative estimate of drug-likeness (QED) is 0.566. The summed E-state index contributed by atoms with van der Waals surface area (Å²) in [7, 11) is 0. The maximum absolute atomic E-state index is 5.79. The van der Waals surface area contributed by atoms with Crippen molar-refractivity contribution < 1.29 is 0 Å². The molecule has 0 aliphatic rings. The van der Waals surface area contributed by atoms with E-state index in [4.69, 9.17) is 5.73 Å². The Balaban J connectivity index is 3.11. The lowest BCUT2D eigenvalue weighted by atomic mass is 10.1. The van der Waals surface area contributed by atoms with E-state index in [2.05, 4.69) is 19.9 Å². The highest BCUT2D eigenvalue weighted by molar-refractivity contribution is 4.95. The van der Waals surface area contributed by atoms with E-state index in [0.29, 0.717) is 0 Å². The molecular weight excluding hydrogens is 158 g/mol. The molecular formula is C12H25N. The Kier molecular flexibility index (Phi) is 9.29. The van der Waals surface area contributed by atoms with Crippen LogP contribution in [-0.2, 0) is 0 Å². The van der Waals surface area contributed by atoms with Crippen LogP contribution in [0.25, 0.3) is 0 Å². The van der Waals surface area contributed by atoms with Gasteiger partial charge in [0.1, 0.15) is 0 Å². The van der Waals surface area contributed by atoms with Crippen LogP contribution in [0, 0.1) is 0 Å². The van der Waals surface area contributed by atoms with E-state index in [1.165, 1.54) is 38.5 Å². The Hall–Kier alpha value is -0.460. The van der Waals surface area contributed by atoms with Crippen LogP contribution < -0.4 is 5.73 Å². The van der Waals surface area contributed by atoms with E-state index in [-0.39, 0.29) is 0 Å². The molecule has 0 radical (unpaired) electrons. The van der Waals surface area contributed by atoms with Crippen molar-refractivity contribution >= 4 is 0 Å². The summed E-state index contributed by atoms with van der Waals surface area (Å²) in [6.45, 7) is 4.39. The molecule has 0 saturated heterocycles. The van der Waals surface area contributed by atoms with Gasteiger partial charge in [-0.15, -0.1) is 0 Å². The number of hydrogen-bond acceptors (Lipinski definition) is 1. The van der Waals surface area contributed by atoms with Gasteiger partial charge >= 0.3 is 0 Å². The first-order valence-corrected chi connectivity index (χ1v) is 5.75. The highest BCUT2D eigenvalue weighted by atomic mass is 14.6. The normalized spacial score (nSPS) is 12.0. The number of nitrogens with two attached hydrogens (primary N) is 1. The average Bonchev–Trinajstić information content (AvgIpc) is 2.11. The fraction of sp³-hybridized carbons (Fsp3) is 0.833. The average molecular weight is 183 g/mol. The van der Waals surface area contributed by atoms with Crippen LogP contribution in [0.15, 0.2) is 11.8 Å². The highest BCUT2D eigenvalue weighted by Crippen LogP contribution is 2.09. The maximum Gasteiger partial charge on any atom is 0.00398 e. The lowest BCUT2D eigenvalue weighted by Crippen LogP contribution is -1.96. The lowest BCUT2D eigenvalue weighted by Gasteiger charge is -2.01. The van der Waals surface area contributed by atoms with Crippen LogP contribution in [0.2, 0.25) is 0 Å². The van der Waals surface area contributed by atoms with Gasteiger partial charge in [-0.3, -0.25) is 0 Å². The van der Waals surface area contributed by atoms with Crippen LogP contribution in [0.5, 0.6) is 0 Å². The van der Waals surface area contributed by atoms with Crippen molar-refractivity contribution in [2.75, 3.05) is 0 Å². The molecule has 0 bridgehead atoms. The zero-order valence-corrected chi connectivity index (χ0v) is 9.31. The Bertz CT molecular complexity index is 127. The maximum atomic E-state index is 5.79. The molecule has 78 valence electrons. The van der Waals surface area contributed by atoms with Crippen molar-refractivity contribution in [2.45, 2.75) is 65.2 Å². The molecule has 0 aliphatic carbocycles. The molecule has 0 unspecified atom stereocenters. The van der Waals surface area contributed by atoms with Gasteiger partial charge in [0, 0.05) is 5.70 Å². The molecule has 0 fully saturated rings. The fourth-order valence-corrected chi connectivity index (χ4v) is 1.47. The highest BCUT2D eigenvalue weighted by Gasteiger charge is 1.91. The van der Waals surface area contributed by atoms with Gasteiger partial charge in [0.05, 0.1) is 0 Å². The Morgan fingerprint density at radius 3 is 2.23 bits per heavy atom. The van der Waals surface area contributed by atoms with Crippen LogP contribution in [0.4, 0.5) is 0 Å². The van der Waals surface area contributed by atoms with Gasteiger partial charge in [-0.05, 0) is 19.3 Å². The minimum atomic E-state index is 1.07. The fourth-order valence-electron chi connectivity index (χ4n) is 1.47. The van der Waals surface area contributed by atoms with E-state index >= 15 is 0 Å². The number of allylic oxidation sites excluding steroid dienone is 2. The standard InChI is InChI=1S/C12H25N/c1-3-5-6-7-8-9-11-12(13)10-4-2/h10H,3-9,11,13H2,1-2H3. The summed E-state index contributed by atoms with van der Waals surface area (Å²) in [5.41, 5.74) is 6.87. The number of hydrogen-bond donors (Lipinski definition) is 1. The first-order valence-electron chi connectivity index (χ1n) is 5.75. The van der Waals surface area contributed by atoms with Gasteiger partial charge in [0.25, 0.3) is 0 Å². The van der Waals surface area contributed by atoms with E-state index in [0.717, 1.165) is 18.5 Å². The number of rotatable bonds is 8. The first-order chi connectivity index (χ1) is 6.31. The van der Waals surface area contributed by atoms with Gasteiger partial charge in [-0.2, -0.15) is 0 Å². The van der Waals surface area contributed by atoms with E-state index in [1.54, 1.807) is 0 Å². The van der Waals surface area contributed by atoms with Crippen molar-refractivity contribution in [1.29, 1.82) is 0 Å². The molecule has 0 spiro atoms. The molecule has 1 nitrogen and oxygen atoms in total. The van der Waals surface area contributed by atoms with Crippen molar-refractivity contribution in [2.24, 2.45) is 5.73 Å². The minimum Gasteiger partial charge on any atom is -0.402 e. The second-order valence-corrected chi connectivity index (χ2v) is 3.71. The van der Waals surface area contributed by atoms with Gasteiger partial charge in [0.2, 0.25) is 0 Å². The third-order valence-electron chi connectivity index (χ3n) is 2.29. The van der Waals surface area contributed by atoms with Gasteiger partial charge in [-0.1, -0.05) is 52.0 Å². The van der Waals surface area contributed by atoms with Crippen LogP contribution in [0.1, 0.15) is 65.2 Å². The third-order valence-corrected chi connectivity index (χ3v) is 2.29. The Labute approximate surface area is 83.4 Å². The summed E-state index contributed by atoms with van der Waals surface area (Å²) in [6, 6.07) is 0. The Morgan fingerprint density at radius 1 is 1.00 bits per heavy atom. The van der Waals surface area contributed by atoms with Gasteiger partial charge in [-0.25, -0.2) is 0 Å².